The third kappa shape index (κ3) is 7.09. The van der Waals surface area contributed by atoms with Gasteiger partial charge in [-0.3, -0.25) is 19.3 Å². The summed E-state index contributed by atoms with van der Waals surface area (Å²) in [5, 5.41) is 18.6. The van der Waals surface area contributed by atoms with Gasteiger partial charge in [0.05, 0.1) is 29.7 Å². The molecule has 1 fully saturated rings. The first-order chi connectivity index (χ1) is 17.3. The number of Topliss-reactive ketones (excluding diaryl/α,β-unsaturated/α-hetero) is 1. The first-order valence-electron chi connectivity index (χ1n) is 11.7. The summed E-state index contributed by atoms with van der Waals surface area (Å²) in [5.74, 6) is -2.56. The lowest BCUT2D eigenvalue weighted by Gasteiger charge is -2.34. The summed E-state index contributed by atoms with van der Waals surface area (Å²) in [7, 11) is 1.54. The van der Waals surface area contributed by atoms with Crippen molar-refractivity contribution in [1.29, 1.82) is 0 Å². The number of pyridine rings is 1. The third-order valence-corrected chi connectivity index (χ3v) is 5.74. The van der Waals surface area contributed by atoms with Gasteiger partial charge < -0.3 is 10.1 Å². The molecule has 0 aliphatic heterocycles. The summed E-state index contributed by atoms with van der Waals surface area (Å²) >= 11 is 0. The number of carbonyl (C=O) groups excluding carboxylic acids is 2. The molecule has 190 valence electrons. The van der Waals surface area contributed by atoms with Gasteiger partial charge in [0.15, 0.2) is 5.69 Å². The van der Waals surface area contributed by atoms with Crippen molar-refractivity contribution in [3.05, 3.63) is 59.4 Å². The first-order valence-corrected chi connectivity index (χ1v) is 11.7. The lowest BCUT2D eigenvalue weighted by molar-refractivity contribution is -0.134. The van der Waals surface area contributed by atoms with Gasteiger partial charge >= 0.3 is 0 Å². The number of ether oxygens (including phenoxy) is 1. The molecule has 0 atom stereocenters. The topological polar surface area (TPSA) is 125 Å². The van der Waals surface area contributed by atoms with E-state index in [1.54, 1.807) is 36.1 Å². The smallest absolute Gasteiger partial charge is 0.273 e. The molecular weight excluding hydrogens is 472 g/mol. The number of ketones is 1. The number of aryl methyl sites for hydroxylation is 2. The predicted octanol–water partition coefficient (Wildman–Crippen LogP) is 2.38. The number of carbonyl (C=O) groups is 2. The van der Waals surface area contributed by atoms with Crippen molar-refractivity contribution < 1.29 is 23.1 Å². The Morgan fingerprint density at radius 1 is 1.08 bits per heavy atom. The summed E-state index contributed by atoms with van der Waals surface area (Å²) in [5.41, 5.74) is 2.19. The number of hydrogen-bond donors (Lipinski definition) is 1. The van der Waals surface area contributed by atoms with Gasteiger partial charge in [-0.15, -0.1) is 5.10 Å². The van der Waals surface area contributed by atoms with Crippen molar-refractivity contribution in [3.63, 3.8) is 0 Å². The second kappa shape index (κ2) is 11.3. The lowest BCUT2D eigenvalue weighted by Crippen LogP contribution is -2.43. The molecule has 0 unspecified atom stereocenters. The summed E-state index contributed by atoms with van der Waals surface area (Å²) in [6, 6.07) is 6.86. The summed E-state index contributed by atoms with van der Waals surface area (Å²) in [6.07, 6.45) is 4.64. The monoisotopic (exact) mass is 499 g/mol. The van der Waals surface area contributed by atoms with E-state index in [0.29, 0.717) is 23.7 Å². The number of rotatable bonds is 12. The number of aromatic nitrogens is 6. The molecule has 3 aromatic heterocycles. The van der Waals surface area contributed by atoms with E-state index in [2.05, 4.69) is 30.8 Å². The highest BCUT2D eigenvalue weighted by atomic mass is 19.3. The van der Waals surface area contributed by atoms with Crippen LogP contribution in [0.25, 0.3) is 0 Å². The Balaban J connectivity index is 1.18. The van der Waals surface area contributed by atoms with Crippen LogP contribution in [0.4, 0.5) is 8.78 Å². The fraction of sp³-hybridized carbons (Fsp3) is 0.458. The minimum absolute atomic E-state index is 0.0826. The van der Waals surface area contributed by atoms with E-state index in [4.69, 9.17) is 4.74 Å². The van der Waals surface area contributed by atoms with Gasteiger partial charge in [0.1, 0.15) is 17.6 Å². The van der Waals surface area contributed by atoms with Crippen LogP contribution in [0.3, 0.4) is 0 Å². The van der Waals surface area contributed by atoms with Crippen LogP contribution in [0.1, 0.15) is 53.3 Å². The Labute approximate surface area is 206 Å². The number of nitrogens with one attached hydrogen (secondary N) is 1. The van der Waals surface area contributed by atoms with Gasteiger partial charge in [-0.2, -0.15) is 10.2 Å². The molecule has 36 heavy (non-hydrogen) atoms. The van der Waals surface area contributed by atoms with Crippen LogP contribution >= 0.6 is 0 Å². The van der Waals surface area contributed by atoms with Crippen molar-refractivity contribution in [3.8, 4) is 5.75 Å². The zero-order chi connectivity index (χ0) is 25.5. The van der Waals surface area contributed by atoms with Crippen LogP contribution in [0.15, 0.2) is 36.7 Å². The zero-order valence-electron chi connectivity index (χ0n) is 19.9. The van der Waals surface area contributed by atoms with Crippen molar-refractivity contribution >= 4 is 11.7 Å². The summed E-state index contributed by atoms with van der Waals surface area (Å²) in [4.78, 5) is 28.2. The van der Waals surface area contributed by atoms with Crippen LogP contribution < -0.4 is 10.1 Å². The molecular formula is C24H27F2N7O3. The van der Waals surface area contributed by atoms with E-state index in [1.807, 2.05) is 6.07 Å². The second-order valence-electron chi connectivity index (χ2n) is 8.80. The highest BCUT2D eigenvalue weighted by molar-refractivity contribution is 5.91. The van der Waals surface area contributed by atoms with Crippen LogP contribution in [0.5, 0.6) is 5.75 Å². The molecule has 1 N–H and O–H groups in total. The Morgan fingerprint density at radius 2 is 1.83 bits per heavy atom. The van der Waals surface area contributed by atoms with E-state index >= 15 is 0 Å². The summed E-state index contributed by atoms with van der Waals surface area (Å²) in [6.45, 7) is 0.636. The predicted molar refractivity (Wildman–Crippen MR) is 124 cm³/mol. The SMILES string of the molecule is CNC(=O)c1cn(CCCCc2ccc(CC(=O)Cc3cc(OC4CC(F)(F)C4)ccn3)nn2)nn1. The molecule has 1 amide bonds. The molecule has 4 rings (SSSR count). The van der Waals surface area contributed by atoms with Gasteiger partial charge in [0, 0.05) is 45.1 Å². The molecule has 0 radical (unpaired) electrons. The molecule has 0 aromatic carbocycles. The molecule has 0 saturated heterocycles. The Morgan fingerprint density at radius 3 is 2.56 bits per heavy atom. The standard InChI is InChI=1S/C24H27F2N7O3/c1-27-23(35)22-15-33(32-31-22)9-3-2-4-16-5-6-17(30-29-16)10-19(34)11-18-12-20(7-8-28-18)36-21-13-24(25,26)14-21/h5-8,12,15,21H,2-4,9-11,13-14H2,1H3,(H,27,35). The number of nitrogens with zero attached hydrogens (tertiary/aromatic N) is 6. The Bertz CT molecular complexity index is 1190. The maximum atomic E-state index is 13.0. The number of alkyl halides is 2. The number of halogens is 2. The molecule has 12 heteroatoms. The van der Waals surface area contributed by atoms with Crippen molar-refractivity contribution in [2.75, 3.05) is 7.05 Å². The quantitative estimate of drug-likeness (QED) is 0.377. The number of amides is 1. The van der Waals surface area contributed by atoms with E-state index in [9.17, 15) is 18.4 Å². The van der Waals surface area contributed by atoms with Gasteiger partial charge in [-0.1, -0.05) is 5.21 Å². The molecule has 1 saturated carbocycles. The average Bonchev–Trinajstić information content (AvgIpc) is 3.30. The normalized spacial score (nSPS) is 14.8. The van der Waals surface area contributed by atoms with Gasteiger partial charge in [0.25, 0.3) is 11.8 Å². The van der Waals surface area contributed by atoms with E-state index in [0.717, 1.165) is 25.0 Å². The highest BCUT2D eigenvalue weighted by Gasteiger charge is 2.47. The van der Waals surface area contributed by atoms with Crippen LogP contribution in [0.2, 0.25) is 0 Å². The van der Waals surface area contributed by atoms with Crippen molar-refractivity contribution in [2.24, 2.45) is 0 Å². The maximum Gasteiger partial charge on any atom is 0.273 e. The Hall–Kier alpha value is -3.83. The molecule has 10 nitrogen and oxygen atoms in total. The minimum Gasteiger partial charge on any atom is -0.490 e. The molecule has 0 spiro atoms. The van der Waals surface area contributed by atoms with E-state index in [1.165, 1.54) is 6.20 Å². The second-order valence-corrected chi connectivity index (χ2v) is 8.80. The van der Waals surface area contributed by atoms with E-state index in [-0.39, 0.29) is 43.1 Å². The van der Waals surface area contributed by atoms with Gasteiger partial charge in [0.2, 0.25) is 0 Å². The molecule has 3 aromatic rings. The van der Waals surface area contributed by atoms with Crippen molar-refractivity contribution in [2.45, 2.75) is 63.5 Å². The average molecular weight is 500 g/mol. The number of unbranched alkanes of at least 4 members (excludes halogenated alkanes) is 1. The number of hydrogen-bond acceptors (Lipinski definition) is 8. The minimum atomic E-state index is -2.65. The third-order valence-electron chi connectivity index (χ3n) is 5.74. The fourth-order valence-corrected chi connectivity index (χ4v) is 3.81. The van der Waals surface area contributed by atoms with Crippen LogP contribution in [-0.2, 0) is 30.6 Å². The zero-order valence-corrected chi connectivity index (χ0v) is 19.9. The van der Waals surface area contributed by atoms with Crippen molar-refractivity contribution in [1.82, 2.24) is 35.5 Å². The Kier molecular flexibility index (Phi) is 7.91. The molecule has 0 bridgehead atoms. The lowest BCUT2D eigenvalue weighted by atomic mass is 9.91. The molecule has 1 aliphatic carbocycles. The largest absolute Gasteiger partial charge is 0.490 e. The van der Waals surface area contributed by atoms with Gasteiger partial charge in [-0.25, -0.2) is 8.78 Å². The fourth-order valence-electron chi connectivity index (χ4n) is 3.81. The summed E-state index contributed by atoms with van der Waals surface area (Å²) < 4.78 is 33.1. The van der Waals surface area contributed by atoms with E-state index < -0.39 is 12.0 Å². The first kappa shape index (κ1) is 25.3. The van der Waals surface area contributed by atoms with Crippen LogP contribution in [0, 0.1) is 0 Å². The molecule has 1 aliphatic rings. The van der Waals surface area contributed by atoms with Gasteiger partial charge in [-0.05, 0) is 37.5 Å². The van der Waals surface area contributed by atoms with Crippen LogP contribution in [-0.4, -0.2) is 60.9 Å². The maximum absolute atomic E-state index is 13.0. The highest BCUT2D eigenvalue weighted by Crippen LogP contribution is 2.39. The molecule has 3 heterocycles.